The molecule has 28 heavy (non-hydrogen) atoms. The smallest absolute Gasteiger partial charge is 0.253 e. The van der Waals surface area contributed by atoms with Crippen molar-refractivity contribution in [3.63, 3.8) is 0 Å². The molecule has 1 heterocycles. The molecular weight excluding hydrogens is 376 g/mol. The third-order valence-corrected chi connectivity index (χ3v) is 6.50. The summed E-state index contributed by atoms with van der Waals surface area (Å²) in [6.07, 6.45) is 1.93. The van der Waals surface area contributed by atoms with E-state index in [1.807, 2.05) is 30.3 Å². The highest BCUT2D eigenvalue weighted by Gasteiger charge is 2.25. The molecule has 0 bridgehead atoms. The normalized spacial score (nSPS) is 15.4. The van der Waals surface area contributed by atoms with Gasteiger partial charge in [0, 0.05) is 25.2 Å². The number of hydrogen-bond donors (Lipinski definition) is 1. The molecule has 3 rings (SSSR count). The van der Waals surface area contributed by atoms with Crippen molar-refractivity contribution in [3.05, 3.63) is 59.7 Å². The van der Waals surface area contributed by atoms with Crippen molar-refractivity contribution in [2.45, 2.75) is 31.2 Å². The van der Waals surface area contributed by atoms with Gasteiger partial charge < -0.3 is 9.64 Å². The molecule has 0 aliphatic carbocycles. The van der Waals surface area contributed by atoms with Crippen LogP contribution in [0.1, 0.15) is 35.7 Å². The number of methoxy groups -OCH3 is 1. The minimum Gasteiger partial charge on any atom is -0.495 e. The zero-order valence-corrected chi connectivity index (χ0v) is 17.0. The molecule has 150 valence electrons. The van der Waals surface area contributed by atoms with Gasteiger partial charge in [-0.2, -0.15) is 0 Å². The molecule has 6 nitrogen and oxygen atoms in total. The summed E-state index contributed by atoms with van der Waals surface area (Å²) in [4.78, 5) is 14.6. The Morgan fingerprint density at radius 1 is 1.14 bits per heavy atom. The van der Waals surface area contributed by atoms with E-state index >= 15 is 0 Å². The number of carbonyl (C=O) groups is 1. The molecule has 1 fully saturated rings. The zero-order valence-electron chi connectivity index (χ0n) is 16.2. The maximum atomic E-state index is 12.9. The minimum absolute atomic E-state index is 0.0258. The van der Waals surface area contributed by atoms with Crippen LogP contribution < -0.4 is 9.46 Å². The summed E-state index contributed by atoms with van der Waals surface area (Å²) in [5.74, 6) is 0.677. The summed E-state index contributed by atoms with van der Waals surface area (Å²) in [6, 6.07) is 13.8. The highest BCUT2D eigenvalue weighted by molar-refractivity contribution is 7.89. The van der Waals surface area contributed by atoms with Crippen LogP contribution in [0, 0.1) is 5.92 Å². The molecule has 1 saturated heterocycles. The van der Waals surface area contributed by atoms with Crippen LogP contribution in [0.3, 0.4) is 0 Å². The lowest BCUT2D eigenvalue weighted by molar-refractivity contribution is 0.0697. The Hall–Kier alpha value is -2.38. The molecule has 2 aromatic rings. The molecular formula is C21H26N2O4S. The van der Waals surface area contributed by atoms with Gasteiger partial charge in [0.25, 0.3) is 5.91 Å². The fourth-order valence-electron chi connectivity index (χ4n) is 3.27. The number of sulfonamides is 1. The number of rotatable bonds is 6. The Balaban J connectivity index is 1.83. The first kappa shape index (κ1) is 20.4. The van der Waals surface area contributed by atoms with Crippen molar-refractivity contribution in [2.24, 2.45) is 5.92 Å². The second kappa shape index (κ2) is 8.75. The number of piperidine rings is 1. The standard InChI is InChI=1S/C21H26N2O4S/c1-16-10-12-23(13-11-16)21(24)18-8-9-19(27-2)20(14-18)28(25,26)22-15-17-6-4-3-5-7-17/h3-9,14,16,22H,10-13,15H2,1-2H3. The number of likely N-dealkylation sites (tertiary alicyclic amines) is 1. The Kier molecular flexibility index (Phi) is 6.36. The zero-order chi connectivity index (χ0) is 20.1. The van der Waals surface area contributed by atoms with E-state index in [2.05, 4.69) is 11.6 Å². The van der Waals surface area contributed by atoms with Crippen LogP contribution in [0.2, 0.25) is 0 Å². The van der Waals surface area contributed by atoms with Crippen molar-refractivity contribution < 1.29 is 17.9 Å². The van der Waals surface area contributed by atoms with Gasteiger partial charge in [0.05, 0.1) is 7.11 Å². The molecule has 0 spiro atoms. The molecule has 0 saturated carbocycles. The fourth-order valence-corrected chi connectivity index (χ4v) is 4.48. The Bertz CT molecular complexity index is 921. The second-order valence-corrected chi connectivity index (χ2v) is 8.89. The van der Waals surface area contributed by atoms with Crippen LogP contribution in [-0.4, -0.2) is 39.4 Å². The molecule has 1 aliphatic heterocycles. The monoisotopic (exact) mass is 402 g/mol. The summed E-state index contributed by atoms with van der Waals surface area (Å²) < 4.78 is 33.5. The first-order chi connectivity index (χ1) is 13.4. The molecule has 0 radical (unpaired) electrons. The van der Waals surface area contributed by atoms with E-state index in [0.29, 0.717) is 24.6 Å². The average molecular weight is 403 g/mol. The van der Waals surface area contributed by atoms with Crippen LogP contribution in [-0.2, 0) is 16.6 Å². The van der Waals surface area contributed by atoms with Gasteiger partial charge in [0.1, 0.15) is 10.6 Å². The van der Waals surface area contributed by atoms with Gasteiger partial charge in [-0.05, 0) is 42.5 Å². The molecule has 1 amide bonds. The van der Waals surface area contributed by atoms with Gasteiger partial charge in [-0.25, -0.2) is 13.1 Å². The van der Waals surface area contributed by atoms with Gasteiger partial charge in [0.2, 0.25) is 10.0 Å². The fraction of sp³-hybridized carbons (Fsp3) is 0.381. The van der Waals surface area contributed by atoms with Gasteiger partial charge in [-0.15, -0.1) is 0 Å². The predicted molar refractivity (Wildman–Crippen MR) is 108 cm³/mol. The number of benzene rings is 2. The van der Waals surface area contributed by atoms with Crippen LogP contribution in [0.5, 0.6) is 5.75 Å². The third-order valence-electron chi connectivity index (χ3n) is 5.08. The summed E-state index contributed by atoms with van der Waals surface area (Å²) >= 11 is 0. The lowest BCUT2D eigenvalue weighted by atomic mass is 9.98. The Morgan fingerprint density at radius 2 is 1.82 bits per heavy atom. The third kappa shape index (κ3) is 4.72. The van der Waals surface area contributed by atoms with Crippen molar-refractivity contribution in [1.29, 1.82) is 0 Å². The van der Waals surface area contributed by atoms with E-state index in [9.17, 15) is 13.2 Å². The maximum Gasteiger partial charge on any atom is 0.253 e. The predicted octanol–water partition coefficient (Wildman–Crippen LogP) is 3.05. The number of ether oxygens (including phenoxy) is 1. The number of nitrogens with one attached hydrogen (secondary N) is 1. The first-order valence-corrected chi connectivity index (χ1v) is 10.9. The molecule has 1 N–H and O–H groups in total. The van der Waals surface area contributed by atoms with Crippen molar-refractivity contribution in [3.8, 4) is 5.75 Å². The summed E-state index contributed by atoms with van der Waals surface area (Å²) in [7, 11) is -2.43. The first-order valence-electron chi connectivity index (χ1n) is 9.41. The summed E-state index contributed by atoms with van der Waals surface area (Å²) in [5, 5.41) is 0. The molecule has 7 heteroatoms. The van der Waals surface area contributed by atoms with Gasteiger partial charge >= 0.3 is 0 Å². The maximum absolute atomic E-state index is 12.9. The minimum atomic E-state index is -3.84. The van der Waals surface area contributed by atoms with Crippen LogP contribution in [0.4, 0.5) is 0 Å². The van der Waals surface area contributed by atoms with E-state index < -0.39 is 10.0 Å². The lowest BCUT2D eigenvalue weighted by Gasteiger charge is -2.30. The Morgan fingerprint density at radius 3 is 2.46 bits per heavy atom. The highest BCUT2D eigenvalue weighted by Crippen LogP contribution is 2.26. The topological polar surface area (TPSA) is 75.7 Å². The Labute approximate surface area is 166 Å². The number of nitrogens with zero attached hydrogens (tertiary/aromatic N) is 1. The quantitative estimate of drug-likeness (QED) is 0.806. The van der Waals surface area contributed by atoms with Gasteiger partial charge in [-0.1, -0.05) is 37.3 Å². The largest absolute Gasteiger partial charge is 0.495 e. The van der Waals surface area contributed by atoms with Crippen LogP contribution >= 0.6 is 0 Å². The van der Waals surface area contributed by atoms with E-state index in [0.717, 1.165) is 18.4 Å². The molecule has 0 unspecified atom stereocenters. The van der Waals surface area contributed by atoms with Gasteiger partial charge in [0.15, 0.2) is 0 Å². The highest BCUT2D eigenvalue weighted by atomic mass is 32.2. The molecule has 0 aromatic heterocycles. The molecule has 2 aromatic carbocycles. The van der Waals surface area contributed by atoms with Crippen LogP contribution in [0.15, 0.2) is 53.4 Å². The van der Waals surface area contributed by atoms with Gasteiger partial charge in [-0.3, -0.25) is 4.79 Å². The van der Waals surface area contributed by atoms with E-state index in [4.69, 9.17) is 4.74 Å². The SMILES string of the molecule is COc1ccc(C(=O)N2CCC(C)CC2)cc1S(=O)(=O)NCc1ccccc1. The number of hydrogen-bond acceptors (Lipinski definition) is 4. The van der Waals surface area contributed by atoms with Crippen molar-refractivity contribution in [2.75, 3.05) is 20.2 Å². The number of amides is 1. The molecule has 0 atom stereocenters. The van der Waals surface area contributed by atoms with Crippen molar-refractivity contribution >= 4 is 15.9 Å². The molecule has 1 aliphatic rings. The average Bonchev–Trinajstić information content (AvgIpc) is 2.72. The summed E-state index contributed by atoms with van der Waals surface area (Å²) in [5.41, 5.74) is 1.20. The second-order valence-electron chi connectivity index (χ2n) is 7.15. The van der Waals surface area contributed by atoms with E-state index in [1.165, 1.54) is 19.2 Å². The summed E-state index contributed by atoms with van der Waals surface area (Å²) in [6.45, 7) is 3.73. The van der Waals surface area contributed by atoms with Crippen LogP contribution in [0.25, 0.3) is 0 Å². The lowest BCUT2D eigenvalue weighted by Crippen LogP contribution is -2.38. The van der Waals surface area contributed by atoms with E-state index in [-0.39, 0.29) is 23.1 Å². The van der Waals surface area contributed by atoms with Crippen molar-refractivity contribution in [1.82, 2.24) is 9.62 Å². The van der Waals surface area contributed by atoms with E-state index in [1.54, 1.807) is 11.0 Å². The number of carbonyl (C=O) groups excluding carboxylic acids is 1.